The number of rotatable bonds is 4. The van der Waals surface area contributed by atoms with E-state index in [1.807, 2.05) is 20.9 Å². The molecule has 1 fully saturated rings. The maximum Gasteiger partial charge on any atom is 0.191 e. The summed E-state index contributed by atoms with van der Waals surface area (Å²) in [5.74, 6) is 1.52. The Morgan fingerprint density at radius 2 is 2.17 bits per heavy atom. The van der Waals surface area contributed by atoms with E-state index in [-0.39, 0.29) is 24.0 Å². The fourth-order valence-corrected chi connectivity index (χ4v) is 1.90. The normalized spacial score (nSPS) is 15.4. The minimum atomic E-state index is 0. The molecule has 1 aliphatic carbocycles. The quantitative estimate of drug-likeness (QED) is 0.503. The molecule has 6 heteroatoms. The topological polar surface area (TPSA) is 67.6 Å². The zero-order valence-corrected chi connectivity index (χ0v) is 13.5. The number of hydrogen-bond acceptors (Lipinski definition) is 3. The third kappa shape index (κ3) is 3.60. The highest BCUT2D eigenvalue weighted by Crippen LogP contribution is 2.24. The lowest BCUT2D eigenvalue weighted by Gasteiger charge is -2.16. The van der Waals surface area contributed by atoms with Gasteiger partial charge in [-0.3, -0.25) is 4.99 Å². The molecule has 2 N–H and O–H groups in total. The number of hydrogen-bond donors (Lipinski definition) is 1. The van der Waals surface area contributed by atoms with Crippen molar-refractivity contribution in [1.82, 2.24) is 10.1 Å². The Balaban J connectivity index is 0.00000162. The van der Waals surface area contributed by atoms with Crippen LogP contribution in [0.2, 0.25) is 0 Å². The van der Waals surface area contributed by atoms with Crippen molar-refractivity contribution in [1.29, 1.82) is 0 Å². The molecule has 1 aromatic heterocycles. The predicted octanol–water partition coefficient (Wildman–Crippen LogP) is 1.86. The van der Waals surface area contributed by atoms with Crippen LogP contribution in [0.5, 0.6) is 0 Å². The predicted molar refractivity (Wildman–Crippen MR) is 82.4 cm³/mol. The van der Waals surface area contributed by atoms with Crippen LogP contribution < -0.4 is 5.73 Å². The molecule has 0 aromatic carbocycles. The van der Waals surface area contributed by atoms with E-state index in [9.17, 15) is 0 Å². The van der Waals surface area contributed by atoms with Gasteiger partial charge in [0.15, 0.2) is 5.96 Å². The van der Waals surface area contributed by atoms with Gasteiger partial charge in [-0.2, -0.15) is 0 Å². The summed E-state index contributed by atoms with van der Waals surface area (Å²) >= 11 is 0. The average molecular weight is 364 g/mol. The van der Waals surface area contributed by atoms with Gasteiger partial charge in [0.1, 0.15) is 5.76 Å². The largest absolute Gasteiger partial charge is 0.370 e. The molecule has 0 bridgehead atoms. The first-order chi connectivity index (χ1) is 8.09. The van der Waals surface area contributed by atoms with E-state index in [0.717, 1.165) is 23.4 Å². The van der Waals surface area contributed by atoms with Crippen molar-refractivity contribution in [3.05, 3.63) is 17.0 Å². The van der Waals surface area contributed by atoms with Crippen LogP contribution in [-0.2, 0) is 6.42 Å². The minimum Gasteiger partial charge on any atom is -0.370 e. The molecule has 0 aliphatic heterocycles. The third-order valence-corrected chi connectivity index (χ3v) is 3.27. The van der Waals surface area contributed by atoms with Crippen molar-refractivity contribution in [3.63, 3.8) is 0 Å². The second-order valence-corrected chi connectivity index (χ2v) is 4.63. The van der Waals surface area contributed by atoms with Crippen molar-refractivity contribution in [2.24, 2.45) is 10.7 Å². The first-order valence-corrected chi connectivity index (χ1v) is 6.04. The number of aryl methyl sites for hydroxylation is 2. The Morgan fingerprint density at radius 3 is 2.67 bits per heavy atom. The minimum absolute atomic E-state index is 0. The summed E-state index contributed by atoms with van der Waals surface area (Å²) in [4.78, 5) is 6.46. The molecule has 1 saturated carbocycles. The average Bonchev–Trinajstić information content (AvgIpc) is 3.09. The first-order valence-electron chi connectivity index (χ1n) is 6.04. The molecule has 0 saturated heterocycles. The van der Waals surface area contributed by atoms with Crippen molar-refractivity contribution in [2.45, 2.75) is 39.2 Å². The van der Waals surface area contributed by atoms with E-state index in [2.05, 4.69) is 15.0 Å². The van der Waals surface area contributed by atoms with Crippen molar-refractivity contribution >= 4 is 29.9 Å². The molecular formula is C12H21IN4O. The highest BCUT2D eigenvalue weighted by atomic mass is 127. The van der Waals surface area contributed by atoms with Gasteiger partial charge in [-0.05, 0) is 33.1 Å². The molecular weight excluding hydrogens is 343 g/mol. The maximum absolute atomic E-state index is 5.91. The number of aliphatic imine (C=N–C) groups is 1. The van der Waals surface area contributed by atoms with Crippen LogP contribution in [0, 0.1) is 13.8 Å². The number of nitrogens with two attached hydrogens (primary N) is 1. The summed E-state index contributed by atoms with van der Waals surface area (Å²) < 4.78 is 5.11. The van der Waals surface area contributed by atoms with Gasteiger partial charge in [0.2, 0.25) is 0 Å². The number of guanidine groups is 1. The van der Waals surface area contributed by atoms with Crippen LogP contribution in [0.25, 0.3) is 0 Å². The summed E-state index contributed by atoms with van der Waals surface area (Å²) in [5.41, 5.74) is 8.01. The van der Waals surface area contributed by atoms with Crippen LogP contribution in [0.15, 0.2) is 9.52 Å². The smallest absolute Gasteiger partial charge is 0.191 e. The SMILES string of the molecule is Cc1noc(C)c1CCN=C(N)N(C)C1CC1.I. The summed E-state index contributed by atoms with van der Waals surface area (Å²) in [5, 5.41) is 3.92. The van der Waals surface area contributed by atoms with Gasteiger partial charge in [0, 0.05) is 25.2 Å². The van der Waals surface area contributed by atoms with Gasteiger partial charge >= 0.3 is 0 Å². The summed E-state index contributed by atoms with van der Waals surface area (Å²) in [7, 11) is 2.01. The molecule has 0 atom stereocenters. The molecule has 0 spiro atoms. The fraction of sp³-hybridized carbons (Fsp3) is 0.667. The van der Waals surface area contributed by atoms with Crippen LogP contribution in [0.3, 0.4) is 0 Å². The van der Waals surface area contributed by atoms with Gasteiger partial charge < -0.3 is 15.2 Å². The Morgan fingerprint density at radius 1 is 1.50 bits per heavy atom. The highest BCUT2D eigenvalue weighted by molar-refractivity contribution is 14.0. The second kappa shape index (κ2) is 6.40. The van der Waals surface area contributed by atoms with E-state index >= 15 is 0 Å². The van der Waals surface area contributed by atoms with Gasteiger partial charge in [-0.25, -0.2) is 0 Å². The van der Waals surface area contributed by atoms with Crippen molar-refractivity contribution in [2.75, 3.05) is 13.6 Å². The van der Waals surface area contributed by atoms with Crippen molar-refractivity contribution in [3.8, 4) is 0 Å². The van der Waals surface area contributed by atoms with E-state index in [4.69, 9.17) is 10.3 Å². The van der Waals surface area contributed by atoms with E-state index in [1.165, 1.54) is 12.8 Å². The van der Waals surface area contributed by atoms with Gasteiger partial charge in [-0.1, -0.05) is 5.16 Å². The number of nitrogens with zero attached hydrogens (tertiary/aromatic N) is 3. The molecule has 5 nitrogen and oxygen atoms in total. The first kappa shape index (κ1) is 15.3. The van der Waals surface area contributed by atoms with Gasteiger partial charge in [0.25, 0.3) is 0 Å². The molecule has 1 aromatic rings. The van der Waals surface area contributed by atoms with E-state index in [0.29, 0.717) is 18.5 Å². The summed E-state index contributed by atoms with van der Waals surface area (Å²) in [6.07, 6.45) is 3.30. The zero-order valence-electron chi connectivity index (χ0n) is 11.1. The lowest BCUT2D eigenvalue weighted by Crippen LogP contribution is -2.35. The Hall–Kier alpha value is -0.790. The molecule has 0 radical (unpaired) electrons. The van der Waals surface area contributed by atoms with Crippen LogP contribution in [0.1, 0.15) is 29.9 Å². The Kier molecular flexibility index (Phi) is 5.43. The fourth-order valence-electron chi connectivity index (χ4n) is 1.90. The zero-order chi connectivity index (χ0) is 12.4. The molecule has 2 rings (SSSR count). The second-order valence-electron chi connectivity index (χ2n) is 4.63. The molecule has 1 aliphatic rings. The van der Waals surface area contributed by atoms with Crippen LogP contribution in [-0.4, -0.2) is 35.7 Å². The van der Waals surface area contributed by atoms with Crippen LogP contribution in [0.4, 0.5) is 0 Å². The molecule has 18 heavy (non-hydrogen) atoms. The maximum atomic E-state index is 5.91. The summed E-state index contributed by atoms with van der Waals surface area (Å²) in [6, 6.07) is 0.609. The van der Waals surface area contributed by atoms with E-state index < -0.39 is 0 Å². The standard InChI is InChI=1S/C12H20N4O.HI/c1-8-11(9(2)17-15-8)6-7-14-12(13)16(3)10-4-5-10;/h10H,4-7H2,1-3H3,(H2,13,14);1H. The lowest BCUT2D eigenvalue weighted by molar-refractivity contribution is 0.392. The molecule has 1 heterocycles. The van der Waals surface area contributed by atoms with Gasteiger partial charge in [0.05, 0.1) is 5.69 Å². The molecule has 0 unspecified atom stereocenters. The monoisotopic (exact) mass is 364 g/mol. The lowest BCUT2D eigenvalue weighted by atomic mass is 10.1. The van der Waals surface area contributed by atoms with Crippen LogP contribution >= 0.6 is 24.0 Å². The molecule has 0 amide bonds. The number of halogens is 1. The van der Waals surface area contributed by atoms with Gasteiger partial charge in [-0.15, -0.1) is 24.0 Å². The highest BCUT2D eigenvalue weighted by Gasteiger charge is 2.27. The summed E-state index contributed by atoms with van der Waals surface area (Å²) in [6.45, 7) is 4.57. The van der Waals surface area contributed by atoms with Crippen molar-refractivity contribution < 1.29 is 4.52 Å². The molecule has 102 valence electrons. The third-order valence-electron chi connectivity index (χ3n) is 3.27. The number of aromatic nitrogens is 1. The Bertz CT molecular complexity index is 406. The van der Waals surface area contributed by atoms with E-state index in [1.54, 1.807) is 0 Å². The Labute approximate surface area is 125 Å².